The second kappa shape index (κ2) is 5.62. The van der Waals surface area contributed by atoms with Crippen LogP contribution in [0.2, 0.25) is 0 Å². The minimum Gasteiger partial charge on any atom is -0.204 e. The molecule has 0 aliphatic carbocycles. The summed E-state index contributed by atoms with van der Waals surface area (Å²) in [6.45, 7) is 1.96. The van der Waals surface area contributed by atoms with E-state index in [4.69, 9.17) is 5.26 Å². The van der Waals surface area contributed by atoms with Crippen LogP contribution in [0.5, 0.6) is 0 Å². The largest absolute Gasteiger partial charge is 0.204 e. The van der Waals surface area contributed by atoms with Gasteiger partial charge in [0.1, 0.15) is 0 Å². The zero-order valence-electron chi connectivity index (χ0n) is 10.5. The third-order valence-electron chi connectivity index (χ3n) is 3.21. The summed E-state index contributed by atoms with van der Waals surface area (Å²) in [5, 5.41) is 9.12. The van der Waals surface area contributed by atoms with Crippen LogP contribution in [0.1, 0.15) is 36.0 Å². The zero-order valence-corrected chi connectivity index (χ0v) is 10.5. The van der Waals surface area contributed by atoms with Crippen LogP contribution in [0.15, 0.2) is 42.5 Å². The minimum atomic E-state index is -0.856. The Bertz CT molecular complexity index is 629. The van der Waals surface area contributed by atoms with Crippen LogP contribution in [-0.4, -0.2) is 0 Å². The first-order valence-electron chi connectivity index (χ1n) is 6.11. The van der Waals surface area contributed by atoms with E-state index in [-0.39, 0.29) is 5.92 Å². The van der Waals surface area contributed by atoms with Gasteiger partial charge in [-0.3, -0.25) is 0 Å². The topological polar surface area (TPSA) is 23.8 Å². The molecule has 0 bridgehead atoms. The van der Waals surface area contributed by atoms with E-state index in [1.807, 2.05) is 19.1 Å². The summed E-state index contributed by atoms with van der Waals surface area (Å²) in [5.41, 5.74) is 2.10. The predicted molar refractivity (Wildman–Crippen MR) is 69.6 cm³/mol. The average molecular weight is 257 g/mol. The molecule has 0 aliphatic rings. The molecule has 0 fully saturated rings. The van der Waals surface area contributed by atoms with Crippen LogP contribution < -0.4 is 0 Å². The number of rotatable bonds is 3. The van der Waals surface area contributed by atoms with Crippen LogP contribution in [0.25, 0.3) is 0 Å². The Kier molecular flexibility index (Phi) is 3.91. The summed E-state index contributed by atoms with van der Waals surface area (Å²) in [7, 11) is 0. The molecular formula is C16H13F2N. The summed E-state index contributed by atoms with van der Waals surface area (Å²) >= 11 is 0. The Morgan fingerprint density at radius 3 is 2.47 bits per heavy atom. The van der Waals surface area contributed by atoms with E-state index in [1.165, 1.54) is 6.07 Å². The zero-order chi connectivity index (χ0) is 13.8. The van der Waals surface area contributed by atoms with Crippen molar-refractivity contribution in [3.05, 3.63) is 70.8 Å². The van der Waals surface area contributed by atoms with Gasteiger partial charge in [0.25, 0.3) is 0 Å². The first-order valence-corrected chi connectivity index (χ1v) is 6.11. The highest BCUT2D eigenvalue weighted by Crippen LogP contribution is 2.30. The SMILES string of the molecule is CCC(c1ccc(F)c(F)c1)c1ccccc1C#N. The maximum absolute atomic E-state index is 13.3. The molecule has 2 aromatic carbocycles. The van der Waals surface area contributed by atoms with Gasteiger partial charge in [-0.1, -0.05) is 31.2 Å². The van der Waals surface area contributed by atoms with E-state index in [2.05, 4.69) is 6.07 Å². The van der Waals surface area contributed by atoms with Crippen molar-refractivity contribution in [2.24, 2.45) is 0 Å². The standard InChI is InChI=1S/C16H13F2N/c1-2-13(11-7-8-15(17)16(18)9-11)14-6-4-3-5-12(14)10-19/h3-9,13H,2H2,1H3. The van der Waals surface area contributed by atoms with Crippen molar-refractivity contribution in [1.29, 1.82) is 5.26 Å². The van der Waals surface area contributed by atoms with E-state index in [1.54, 1.807) is 18.2 Å². The second-order valence-corrected chi connectivity index (χ2v) is 4.33. The van der Waals surface area contributed by atoms with E-state index >= 15 is 0 Å². The van der Waals surface area contributed by atoms with E-state index in [0.717, 1.165) is 11.6 Å². The molecule has 1 nitrogen and oxygen atoms in total. The predicted octanol–water partition coefficient (Wildman–Crippen LogP) is 4.38. The molecule has 0 heterocycles. The van der Waals surface area contributed by atoms with Gasteiger partial charge in [0.2, 0.25) is 0 Å². The Morgan fingerprint density at radius 2 is 1.84 bits per heavy atom. The van der Waals surface area contributed by atoms with Gasteiger partial charge in [0.05, 0.1) is 11.6 Å². The van der Waals surface area contributed by atoms with Crippen molar-refractivity contribution >= 4 is 0 Å². The van der Waals surface area contributed by atoms with Crippen LogP contribution >= 0.6 is 0 Å². The van der Waals surface area contributed by atoms with Crippen LogP contribution in [0.3, 0.4) is 0 Å². The molecular weight excluding hydrogens is 244 g/mol. The molecule has 2 aromatic rings. The fraction of sp³-hybridized carbons (Fsp3) is 0.188. The van der Waals surface area contributed by atoms with E-state index < -0.39 is 11.6 Å². The van der Waals surface area contributed by atoms with Crippen molar-refractivity contribution in [3.63, 3.8) is 0 Å². The highest BCUT2D eigenvalue weighted by Gasteiger charge is 2.17. The molecule has 1 atom stereocenters. The van der Waals surface area contributed by atoms with Gasteiger partial charge in [0, 0.05) is 5.92 Å². The highest BCUT2D eigenvalue weighted by atomic mass is 19.2. The van der Waals surface area contributed by atoms with Crippen molar-refractivity contribution in [2.45, 2.75) is 19.3 Å². The van der Waals surface area contributed by atoms with Gasteiger partial charge < -0.3 is 0 Å². The molecule has 19 heavy (non-hydrogen) atoms. The third kappa shape index (κ3) is 2.63. The fourth-order valence-corrected chi connectivity index (χ4v) is 2.27. The lowest BCUT2D eigenvalue weighted by molar-refractivity contribution is 0.506. The third-order valence-corrected chi connectivity index (χ3v) is 3.21. The van der Waals surface area contributed by atoms with E-state index in [0.29, 0.717) is 17.5 Å². The summed E-state index contributed by atoms with van der Waals surface area (Å²) in [6, 6.07) is 13.3. The number of halogens is 2. The molecule has 0 saturated heterocycles. The van der Waals surface area contributed by atoms with Gasteiger partial charge in [0.15, 0.2) is 11.6 Å². The molecule has 0 amide bonds. The average Bonchev–Trinajstić information content (AvgIpc) is 2.44. The molecule has 96 valence electrons. The fourth-order valence-electron chi connectivity index (χ4n) is 2.27. The van der Waals surface area contributed by atoms with Gasteiger partial charge in [-0.2, -0.15) is 5.26 Å². The molecule has 0 saturated carbocycles. The maximum atomic E-state index is 13.3. The Hall–Kier alpha value is -2.21. The number of hydrogen-bond acceptors (Lipinski definition) is 1. The minimum absolute atomic E-state index is 0.106. The van der Waals surface area contributed by atoms with Gasteiger partial charge >= 0.3 is 0 Å². The summed E-state index contributed by atoms with van der Waals surface area (Å²) < 4.78 is 26.3. The van der Waals surface area contributed by atoms with Crippen molar-refractivity contribution in [2.75, 3.05) is 0 Å². The lowest BCUT2D eigenvalue weighted by Crippen LogP contribution is -2.03. The molecule has 1 unspecified atom stereocenters. The Morgan fingerprint density at radius 1 is 1.11 bits per heavy atom. The van der Waals surface area contributed by atoms with Crippen LogP contribution in [0.4, 0.5) is 8.78 Å². The second-order valence-electron chi connectivity index (χ2n) is 4.33. The quantitative estimate of drug-likeness (QED) is 0.800. The van der Waals surface area contributed by atoms with Gasteiger partial charge in [-0.15, -0.1) is 0 Å². The van der Waals surface area contributed by atoms with Crippen molar-refractivity contribution < 1.29 is 8.78 Å². The molecule has 2 rings (SSSR count). The molecule has 0 spiro atoms. The Balaban J connectivity index is 2.50. The monoisotopic (exact) mass is 257 g/mol. The summed E-state index contributed by atoms with van der Waals surface area (Å²) in [5.74, 6) is -1.82. The molecule has 3 heteroatoms. The van der Waals surface area contributed by atoms with Crippen molar-refractivity contribution in [3.8, 4) is 6.07 Å². The van der Waals surface area contributed by atoms with Gasteiger partial charge in [-0.25, -0.2) is 8.78 Å². The highest BCUT2D eigenvalue weighted by molar-refractivity contribution is 5.44. The van der Waals surface area contributed by atoms with E-state index in [9.17, 15) is 8.78 Å². The number of nitrogens with zero attached hydrogens (tertiary/aromatic N) is 1. The molecule has 0 aromatic heterocycles. The first kappa shape index (κ1) is 13.2. The number of nitriles is 1. The number of benzene rings is 2. The van der Waals surface area contributed by atoms with Crippen LogP contribution in [0, 0.1) is 23.0 Å². The number of hydrogen-bond donors (Lipinski definition) is 0. The van der Waals surface area contributed by atoms with Crippen molar-refractivity contribution in [1.82, 2.24) is 0 Å². The smallest absolute Gasteiger partial charge is 0.159 e. The normalized spacial score (nSPS) is 11.9. The maximum Gasteiger partial charge on any atom is 0.159 e. The van der Waals surface area contributed by atoms with Crippen LogP contribution in [-0.2, 0) is 0 Å². The lowest BCUT2D eigenvalue weighted by atomic mass is 9.86. The van der Waals surface area contributed by atoms with Gasteiger partial charge in [-0.05, 0) is 35.7 Å². The summed E-state index contributed by atoms with van der Waals surface area (Å²) in [4.78, 5) is 0. The summed E-state index contributed by atoms with van der Waals surface area (Å²) in [6.07, 6.45) is 0.712. The Labute approximate surface area is 111 Å². The first-order chi connectivity index (χ1) is 9.17. The molecule has 0 aliphatic heterocycles. The molecule has 0 N–H and O–H groups in total. The lowest BCUT2D eigenvalue weighted by Gasteiger charge is -2.17. The molecule has 0 radical (unpaired) electrons.